The SMILES string of the molecule is Cc1cc(C)c(C(=O)O[C@@H](C)C(=O)Nc2ccc(F)cc2F)c(Cl)n1. The van der Waals surface area contributed by atoms with E-state index in [1.165, 1.54) is 6.92 Å². The Balaban J connectivity index is 2.09. The number of benzene rings is 1. The highest BCUT2D eigenvalue weighted by Crippen LogP contribution is 2.21. The van der Waals surface area contributed by atoms with Gasteiger partial charge in [-0.05, 0) is 44.5 Å². The summed E-state index contributed by atoms with van der Waals surface area (Å²) in [6.07, 6.45) is -1.23. The topological polar surface area (TPSA) is 68.3 Å². The van der Waals surface area contributed by atoms with Gasteiger partial charge >= 0.3 is 5.97 Å². The van der Waals surface area contributed by atoms with Crippen molar-refractivity contribution in [2.45, 2.75) is 26.9 Å². The number of aromatic nitrogens is 1. The zero-order valence-corrected chi connectivity index (χ0v) is 14.4. The highest BCUT2D eigenvalue weighted by Gasteiger charge is 2.23. The molecule has 1 aromatic carbocycles. The van der Waals surface area contributed by atoms with Crippen LogP contribution >= 0.6 is 11.6 Å². The van der Waals surface area contributed by atoms with Crippen LogP contribution in [0, 0.1) is 25.5 Å². The van der Waals surface area contributed by atoms with Crippen molar-refractivity contribution in [3.8, 4) is 0 Å². The van der Waals surface area contributed by atoms with Crippen LogP contribution in [0.2, 0.25) is 5.15 Å². The van der Waals surface area contributed by atoms with Gasteiger partial charge in [0.15, 0.2) is 6.10 Å². The fraction of sp³-hybridized carbons (Fsp3) is 0.235. The zero-order chi connectivity index (χ0) is 18.7. The quantitative estimate of drug-likeness (QED) is 0.658. The summed E-state index contributed by atoms with van der Waals surface area (Å²) in [5.74, 6) is -3.30. The lowest BCUT2D eigenvalue weighted by atomic mass is 10.1. The first-order chi connectivity index (χ1) is 11.7. The summed E-state index contributed by atoms with van der Waals surface area (Å²) in [6, 6.07) is 4.35. The molecule has 0 aliphatic carbocycles. The van der Waals surface area contributed by atoms with E-state index in [2.05, 4.69) is 10.3 Å². The number of carbonyl (C=O) groups is 2. The number of halogens is 3. The van der Waals surface area contributed by atoms with Gasteiger partial charge in [0.2, 0.25) is 0 Å². The molecule has 1 amide bonds. The van der Waals surface area contributed by atoms with Crippen LogP contribution in [0.25, 0.3) is 0 Å². The summed E-state index contributed by atoms with van der Waals surface area (Å²) in [7, 11) is 0. The van der Waals surface area contributed by atoms with E-state index >= 15 is 0 Å². The van der Waals surface area contributed by atoms with Crippen molar-refractivity contribution in [3.05, 3.63) is 57.9 Å². The van der Waals surface area contributed by atoms with E-state index in [0.717, 1.165) is 12.1 Å². The second-order valence-electron chi connectivity index (χ2n) is 5.41. The van der Waals surface area contributed by atoms with Crippen molar-refractivity contribution in [1.82, 2.24) is 4.98 Å². The largest absolute Gasteiger partial charge is 0.449 e. The fourth-order valence-corrected chi connectivity index (χ4v) is 2.49. The molecule has 5 nitrogen and oxygen atoms in total. The maximum absolute atomic E-state index is 13.6. The van der Waals surface area contributed by atoms with E-state index in [4.69, 9.17) is 16.3 Å². The first-order valence-corrected chi connectivity index (χ1v) is 7.67. The standard InChI is InChI=1S/C17H15ClF2N2O3/c1-8-6-9(2)21-15(18)14(8)17(24)25-10(3)16(23)22-13-5-4-11(19)7-12(13)20/h4-7,10H,1-3H3,(H,22,23)/t10-/m0/s1. The normalized spacial score (nSPS) is 11.8. The molecule has 0 saturated carbocycles. The van der Waals surface area contributed by atoms with Crippen LogP contribution in [0.4, 0.5) is 14.5 Å². The smallest absolute Gasteiger partial charge is 0.342 e. The lowest BCUT2D eigenvalue weighted by molar-refractivity contribution is -0.123. The van der Waals surface area contributed by atoms with Crippen molar-refractivity contribution >= 4 is 29.2 Å². The Morgan fingerprint density at radius 1 is 1.24 bits per heavy atom. The molecule has 25 heavy (non-hydrogen) atoms. The summed E-state index contributed by atoms with van der Waals surface area (Å²) in [4.78, 5) is 28.2. The average Bonchev–Trinajstić information content (AvgIpc) is 2.48. The second-order valence-corrected chi connectivity index (χ2v) is 5.77. The summed E-state index contributed by atoms with van der Waals surface area (Å²) in [5, 5.41) is 2.20. The number of nitrogens with zero attached hydrogens (tertiary/aromatic N) is 1. The maximum Gasteiger partial charge on any atom is 0.342 e. The first-order valence-electron chi connectivity index (χ1n) is 7.29. The Morgan fingerprint density at radius 2 is 1.92 bits per heavy atom. The molecule has 0 bridgehead atoms. The molecule has 1 atom stereocenters. The molecule has 1 N–H and O–H groups in total. The third kappa shape index (κ3) is 4.51. The van der Waals surface area contributed by atoms with Gasteiger partial charge in [0.1, 0.15) is 16.8 Å². The van der Waals surface area contributed by atoms with E-state index in [9.17, 15) is 18.4 Å². The third-order valence-electron chi connectivity index (χ3n) is 3.35. The Hall–Kier alpha value is -2.54. The lowest BCUT2D eigenvalue weighted by Crippen LogP contribution is -2.30. The molecule has 0 spiro atoms. The first kappa shape index (κ1) is 18.8. The van der Waals surface area contributed by atoms with Crippen molar-refractivity contribution in [2.75, 3.05) is 5.32 Å². The van der Waals surface area contributed by atoms with Gasteiger partial charge in [-0.2, -0.15) is 0 Å². The number of nitrogens with one attached hydrogen (secondary N) is 1. The molecule has 8 heteroatoms. The third-order valence-corrected chi connectivity index (χ3v) is 3.62. The van der Waals surface area contributed by atoms with Gasteiger partial charge in [0, 0.05) is 11.8 Å². The highest BCUT2D eigenvalue weighted by atomic mass is 35.5. The maximum atomic E-state index is 13.6. The van der Waals surface area contributed by atoms with Crippen LogP contribution in [0.15, 0.2) is 24.3 Å². The summed E-state index contributed by atoms with van der Waals surface area (Å²) < 4.78 is 31.5. The van der Waals surface area contributed by atoms with Crippen molar-refractivity contribution < 1.29 is 23.1 Å². The Labute approximate surface area is 148 Å². The molecule has 0 aliphatic heterocycles. The van der Waals surface area contributed by atoms with Crippen LogP contribution in [0.3, 0.4) is 0 Å². The number of pyridine rings is 1. The van der Waals surface area contributed by atoms with E-state index in [1.54, 1.807) is 19.9 Å². The minimum Gasteiger partial charge on any atom is -0.449 e. The minimum absolute atomic E-state index is 0.0281. The number of amides is 1. The van der Waals surface area contributed by atoms with Crippen molar-refractivity contribution in [2.24, 2.45) is 0 Å². The molecule has 0 radical (unpaired) electrons. The van der Waals surface area contributed by atoms with Crippen LogP contribution in [0.1, 0.15) is 28.5 Å². The molecule has 1 aromatic heterocycles. The Bertz CT molecular complexity index is 820. The molecule has 0 saturated heterocycles. The average molecular weight is 369 g/mol. The number of rotatable bonds is 4. The Morgan fingerprint density at radius 3 is 2.52 bits per heavy atom. The Kier molecular flexibility index (Phi) is 5.69. The number of esters is 1. The molecule has 2 aromatic rings. The van der Waals surface area contributed by atoms with Gasteiger partial charge in [-0.15, -0.1) is 0 Å². The van der Waals surface area contributed by atoms with Crippen molar-refractivity contribution in [1.29, 1.82) is 0 Å². The molecular formula is C17H15ClF2N2O3. The summed E-state index contributed by atoms with van der Waals surface area (Å²) in [6.45, 7) is 4.70. The van der Waals surface area contributed by atoms with Gasteiger partial charge in [0.05, 0.1) is 11.3 Å². The van der Waals surface area contributed by atoms with Gasteiger partial charge in [-0.1, -0.05) is 11.6 Å². The number of hydrogen-bond acceptors (Lipinski definition) is 4. The van der Waals surface area contributed by atoms with Gasteiger partial charge in [-0.3, -0.25) is 4.79 Å². The molecule has 0 aliphatic rings. The predicted octanol–water partition coefficient (Wildman–Crippen LogP) is 3.81. The lowest BCUT2D eigenvalue weighted by Gasteiger charge is -2.15. The van der Waals surface area contributed by atoms with E-state index in [-0.39, 0.29) is 16.4 Å². The summed E-state index contributed by atoms with van der Waals surface area (Å²) >= 11 is 5.96. The number of hydrogen-bond donors (Lipinski definition) is 1. The zero-order valence-electron chi connectivity index (χ0n) is 13.7. The van der Waals surface area contributed by atoms with Crippen LogP contribution < -0.4 is 5.32 Å². The van der Waals surface area contributed by atoms with Gasteiger partial charge in [-0.25, -0.2) is 18.6 Å². The second kappa shape index (κ2) is 7.57. The highest BCUT2D eigenvalue weighted by molar-refractivity contribution is 6.32. The molecule has 132 valence electrons. The summed E-state index contributed by atoms with van der Waals surface area (Å²) in [5.41, 5.74) is 1.02. The van der Waals surface area contributed by atoms with Crippen LogP contribution in [-0.4, -0.2) is 23.0 Å². The van der Waals surface area contributed by atoms with E-state index in [1.807, 2.05) is 0 Å². The van der Waals surface area contributed by atoms with Gasteiger partial charge in [0.25, 0.3) is 5.91 Å². The predicted molar refractivity (Wildman–Crippen MR) is 88.6 cm³/mol. The number of carbonyl (C=O) groups excluding carboxylic acids is 2. The number of aryl methyl sites for hydroxylation is 2. The number of ether oxygens (including phenoxy) is 1. The van der Waals surface area contributed by atoms with Crippen LogP contribution in [0.5, 0.6) is 0 Å². The van der Waals surface area contributed by atoms with Crippen LogP contribution in [-0.2, 0) is 9.53 Å². The van der Waals surface area contributed by atoms with E-state index < -0.39 is 29.6 Å². The fourth-order valence-electron chi connectivity index (χ4n) is 2.13. The molecule has 0 unspecified atom stereocenters. The molecule has 1 heterocycles. The minimum atomic E-state index is -1.23. The van der Waals surface area contributed by atoms with Gasteiger partial charge < -0.3 is 10.1 Å². The monoisotopic (exact) mass is 368 g/mol. The van der Waals surface area contributed by atoms with E-state index in [0.29, 0.717) is 17.3 Å². The molecule has 2 rings (SSSR count). The van der Waals surface area contributed by atoms with Crippen molar-refractivity contribution in [3.63, 3.8) is 0 Å². The molecule has 0 fully saturated rings. The molecular weight excluding hydrogens is 354 g/mol. The number of anilines is 1.